The molecule has 0 aromatic heterocycles. The zero-order valence-corrected chi connectivity index (χ0v) is 21.5. The number of rotatable bonds is 9. The van der Waals surface area contributed by atoms with Crippen LogP contribution >= 0.6 is 0 Å². The van der Waals surface area contributed by atoms with E-state index in [1.165, 1.54) is 17.9 Å². The lowest BCUT2D eigenvalue weighted by molar-refractivity contribution is -0.152. The minimum absolute atomic E-state index is 0.189. The molecule has 0 aliphatic carbocycles. The fourth-order valence-electron chi connectivity index (χ4n) is 4.59. The zero-order valence-electron chi connectivity index (χ0n) is 21.5. The second kappa shape index (κ2) is 12.9. The van der Waals surface area contributed by atoms with E-state index in [-0.39, 0.29) is 37.9 Å². The van der Waals surface area contributed by atoms with E-state index in [1.54, 1.807) is 17.0 Å². The summed E-state index contributed by atoms with van der Waals surface area (Å²) in [6.07, 6.45) is -0.883. The highest BCUT2D eigenvalue weighted by molar-refractivity contribution is 5.90. The van der Waals surface area contributed by atoms with Crippen molar-refractivity contribution < 1.29 is 37.8 Å². The molecule has 0 spiro atoms. The summed E-state index contributed by atoms with van der Waals surface area (Å²) in [4.78, 5) is 54.7. The highest BCUT2D eigenvalue weighted by Gasteiger charge is 2.33. The van der Waals surface area contributed by atoms with Crippen molar-refractivity contribution in [2.75, 3.05) is 88.5 Å². The van der Waals surface area contributed by atoms with Gasteiger partial charge in [0, 0.05) is 52.7 Å². The molecule has 3 aliphatic heterocycles. The molecular weight excluding hydrogens is 501 g/mol. The second-order valence-corrected chi connectivity index (χ2v) is 9.42. The van der Waals surface area contributed by atoms with Crippen molar-refractivity contribution in [2.45, 2.75) is 19.4 Å². The average Bonchev–Trinajstić information content (AvgIpc) is 3.30. The molecule has 3 heterocycles. The Labute approximate surface area is 220 Å². The summed E-state index contributed by atoms with van der Waals surface area (Å²) in [5.41, 5.74) is 0.739. The van der Waals surface area contributed by atoms with Gasteiger partial charge in [-0.1, -0.05) is 0 Å². The van der Waals surface area contributed by atoms with E-state index in [1.807, 2.05) is 4.90 Å². The van der Waals surface area contributed by atoms with Crippen molar-refractivity contribution in [3.8, 4) is 0 Å². The Kier molecular flexibility index (Phi) is 9.34. The molecule has 3 amide bonds. The number of hydrogen-bond acceptors (Lipinski definition) is 9. The van der Waals surface area contributed by atoms with Gasteiger partial charge in [0.25, 0.3) is 5.91 Å². The number of nitrogens with zero attached hydrogens (tertiary/aromatic N) is 4. The van der Waals surface area contributed by atoms with E-state index in [9.17, 15) is 19.2 Å². The number of cyclic esters (lactones) is 1. The van der Waals surface area contributed by atoms with Crippen LogP contribution in [-0.2, 0) is 28.6 Å². The van der Waals surface area contributed by atoms with Crippen LogP contribution in [0.5, 0.6) is 0 Å². The third kappa shape index (κ3) is 7.32. The summed E-state index contributed by atoms with van der Waals surface area (Å²) in [5.74, 6) is -1.40. The molecule has 0 radical (unpaired) electrons. The van der Waals surface area contributed by atoms with Gasteiger partial charge in [-0.2, -0.15) is 0 Å². The van der Waals surface area contributed by atoms with Crippen molar-refractivity contribution >= 4 is 35.3 Å². The number of carbonyl (C=O) groups excluding carboxylic acids is 4. The van der Waals surface area contributed by atoms with E-state index < -0.39 is 24.0 Å². The topological polar surface area (TPSA) is 121 Å². The lowest BCUT2D eigenvalue weighted by atomic mass is 10.2. The smallest absolute Gasteiger partial charge is 0.414 e. The highest BCUT2D eigenvalue weighted by atomic mass is 19.1. The number of esters is 1. The van der Waals surface area contributed by atoms with Gasteiger partial charge < -0.3 is 29.3 Å². The van der Waals surface area contributed by atoms with Gasteiger partial charge >= 0.3 is 12.1 Å². The molecule has 1 atom stereocenters. The number of carbonyl (C=O) groups is 4. The lowest BCUT2D eigenvalue weighted by Gasteiger charge is -2.36. The first-order chi connectivity index (χ1) is 18.3. The summed E-state index contributed by atoms with van der Waals surface area (Å²) in [5, 5.41) is 2.60. The molecule has 38 heavy (non-hydrogen) atoms. The van der Waals surface area contributed by atoms with Crippen molar-refractivity contribution in [1.82, 2.24) is 15.1 Å². The summed E-state index contributed by atoms with van der Waals surface area (Å²) in [6.45, 7) is 6.49. The van der Waals surface area contributed by atoms with Crippen LogP contribution in [0.1, 0.15) is 13.3 Å². The molecule has 12 nitrogen and oxygen atoms in total. The van der Waals surface area contributed by atoms with E-state index >= 15 is 4.39 Å². The molecule has 3 saturated heterocycles. The fourth-order valence-corrected chi connectivity index (χ4v) is 4.59. The molecule has 4 rings (SSSR count). The highest BCUT2D eigenvalue weighted by Crippen LogP contribution is 2.28. The first-order valence-electron chi connectivity index (χ1n) is 12.8. The Morgan fingerprint density at radius 3 is 2.53 bits per heavy atom. The monoisotopic (exact) mass is 535 g/mol. The quantitative estimate of drug-likeness (QED) is 0.442. The predicted octanol–water partition coefficient (Wildman–Crippen LogP) is 0.201. The van der Waals surface area contributed by atoms with Crippen molar-refractivity contribution in [1.29, 1.82) is 0 Å². The van der Waals surface area contributed by atoms with Crippen LogP contribution in [0.2, 0.25) is 0 Å². The molecule has 0 saturated carbocycles. The molecule has 3 aliphatic rings. The number of piperazine rings is 1. The van der Waals surface area contributed by atoms with Crippen LogP contribution in [0.4, 0.5) is 20.6 Å². The molecule has 1 aromatic carbocycles. The Morgan fingerprint density at radius 1 is 1.11 bits per heavy atom. The molecule has 1 aromatic rings. The lowest BCUT2D eigenvalue weighted by Crippen LogP contribution is -2.50. The van der Waals surface area contributed by atoms with Gasteiger partial charge in [0.05, 0.1) is 44.1 Å². The maximum Gasteiger partial charge on any atom is 0.414 e. The Balaban J connectivity index is 1.21. The van der Waals surface area contributed by atoms with Crippen LogP contribution in [-0.4, -0.2) is 119 Å². The number of nitrogens with one attached hydrogen (secondary N) is 1. The van der Waals surface area contributed by atoms with Crippen LogP contribution in [0.25, 0.3) is 0 Å². The first kappa shape index (κ1) is 27.6. The average molecular weight is 536 g/mol. The Bertz CT molecular complexity index is 1030. The largest absolute Gasteiger partial charge is 0.456 e. The molecule has 1 N–H and O–H groups in total. The number of hydrogen-bond donors (Lipinski definition) is 1. The summed E-state index contributed by atoms with van der Waals surface area (Å²) >= 11 is 0. The first-order valence-corrected chi connectivity index (χ1v) is 12.8. The maximum absolute atomic E-state index is 15.0. The minimum Gasteiger partial charge on any atom is -0.456 e. The number of amides is 3. The van der Waals surface area contributed by atoms with Gasteiger partial charge in [0.2, 0.25) is 5.91 Å². The van der Waals surface area contributed by atoms with E-state index in [0.717, 1.165) is 13.1 Å². The van der Waals surface area contributed by atoms with Crippen molar-refractivity contribution in [3.63, 3.8) is 0 Å². The molecule has 13 heteroatoms. The molecule has 1 unspecified atom stereocenters. The minimum atomic E-state index is -0.596. The Hall–Kier alpha value is -3.45. The van der Waals surface area contributed by atoms with E-state index in [4.69, 9.17) is 14.2 Å². The normalized spacial score (nSPS) is 20.3. The number of halogens is 1. The van der Waals surface area contributed by atoms with Gasteiger partial charge in [-0.25, -0.2) is 9.18 Å². The third-order valence-electron chi connectivity index (χ3n) is 6.76. The molecule has 3 fully saturated rings. The zero-order chi connectivity index (χ0) is 27.1. The predicted molar refractivity (Wildman–Crippen MR) is 134 cm³/mol. The molecular formula is C25H34FN5O7. The fraction of sp³-hybridized carbons (Fsp3) is 0.600. The Morgan fingerprint density at radius 2 is 1.84 bits per heavy atom. The number of ether oxygens (including phenoxy) is 3. The SMILES string of the molecule is CC(=O)NCC1CN(c2ccc(N3CCN(C(=O)COC(=O)CCN4CCOCC4)CC3)c(F)c2)C(=O)O1. The van der Waals surface area contributed by atoms with E-state index in [0.29, 0.717) is 57.3 Å². The number of morpholine rings is 1. The van der Waals surface area contributed by atoms with Gasteiger partial charge in [-0.05, 0) is 18.2 Å². The molecule has 208 valence electrons. The van der Waals surface area contributed by atoms with Crippen LogP contribution in [0.15, 0.2) is 18.2 Å². The van der Waals surface area contributed by atoms with Gasteiger partial charge in [-0.3, -0.25) is 24.2 Å². The standard InChI is InChI=1S/C25H34FN5O7/c1-18(32)27-15-20-16-31(25(35)38-20)19-2-3-22(21(26)14-19)29-6-8-30(9-7-29)23(33)17-37-24(34)4-5-28-10-12-36-13-11-28/h2-3,14,20H,4-13,15-17H2,1H3,(H,27,32). The molecule has 0 bridgehead atoms. The summed E-state index contributed by atoms with van der Waals surface area (Å²) < 4.78 is 30.7. The third-order valence-corrected chi connectivity index (χ3v) is 6.76. The van der Waals surface area contributed by atoms with Gasteiger partial charge in [-0.15, -0.1) is 0 Å². The number of anilines is 2. The van der Waals surface area contributed by atoms with Crippen molar-refractivity contribution in [3.05, 3.63) is 24.0 Å². The van der Waals surface area contributed by atoms with Crippen LogP contribution in [0.3, 0.4) is 0 Å². The maximum atomic E-state index is 15.0. The summed E-state index contributed by atoms with van der Waals surface area (Å²) in [6, 6.07) is 4.53. The van der Waals surface area contributed by atoms with Crippen LogP contribution < -0.4 is 15.1 Å². The van der Waals surface area contributed by atoms with E-state index in [2.05, 4.69) is 10.2 Å². The van der Waals surface area contributed by atoms with Crippen molar-refractivity contribution in [2.24, 2.45) is 0 Å². The number of benzene rings is 1. The van der Waals surface area contributed by atoms with Crippen LogP contribution in [0, 0.1) is 5.82 Å². The summed E-state index contributed by atoms with van der Waals surface area (Å²) in [7, 11) is 0. The van der Waals surface area contributed by atoms with Gasteiger partial charge in [0.1, 0.15) is 11.9 Å². The second-order valence-electron chi connectivity index (χ2n) is 9.42. The van der Waals surface area contributed by atoms with Gasteiger partial charge in [0.15, 0.2) is 6.61 Å².